The molecule has 2 unspecified atom stereocenters. The Labute approximate surface area is 165 Å². The molecule has 5 nitrogen and oxygen atoms in total. The molecule has 0 aliphatic heterocycles. The first-order chi connectivity index (χ1) is 13.8. The van der Waals surface area contributed by atoms with Crippen molar-refractivity contribution in [2.45, 2.75) is 25.8 Å². The van der Waals surface area contributed by atoms with Crippen LogP contribution in [0.2, 0.25) is 0 Å². The maximum atomic E-state index is 5.59. The summed E-state index contributed by atoms with van der Waals surface area (Å²) < 4.78 is 5.59. The molecule has 144 valence electrons. The normalized spacial score (nSPS) is 18.7. The Hall–Kier alpha value is -3.08. The number of guanidine groups is 1. The second-order valence-electron chi connectivity index (χ2n) is 7.10. The Bertz CT molecular complexity index is 905. The average Bonchev–Trinajstić information content (AvgIpc) is 3.38. The van der Waals surface area contributed by atoms with E-state index in [0.717, 1.165) is 30.3 Å². The summed E-state index contributed by atoms with van der Waals surface area (Å²) >= 11 is 0. The van der Waals surface area contributed by atoms with Crippen molar-refractivity contribution in [3.8, 4) is 11.5 Å². The van der Waals surface area contributed by atoms with E-state index in [1.165, 1.54) is 12.0 Å². The van der Waals surface area contributed by atoms with E-state index >= 15 is 0 Å². The SMILES string of the molecule is CCNC(=NCc1coc(-c2ccccc2)n1)NCC1CC1c1ccccc1. The topological polar surface area (TPSA) is 62.5 Å². The molecule has 3 aromatic rings. The second kappa shape index (κ2) is 8.74. The molecule has 0 bridgehead atoms. The van der Waals surface area contributed by atoms with Crippen molar-refractivity contribution in [2.24, 2.45) is 10.9 Å². The summed E-state index contributed by atoms with van der Waals surface area (Å²) in [6, 6.07) is 20.7. The Morgan fingerprint density at radius 3 is 2.57 bits per heavy atom. The number of aromatic nitrogens is 1. The van der Waals surface area contributed by atoms with Gasteiger partial charge in [-0.3, -0.25) is 0 Å². The van der Waals surface area contributed by atoms with Gasteiger partial charge in [0.05, 0.1) is 6.54 Å². The van der Waals surface area contributed by atoms with Gasteiger partial charge in [0.15, 0.2) is 5.96 Å². The lowest BCUT2D eigenvalue weighted by Gasteiger charge is -2.10. The number of rotatable bonds is 7. The number of nitrogens with zero attached hydrogens (tertiary/aromatic N) is 2. The number of hydrogen-bond donors (Lipinski definition) is 2. The summed E-state index contributed by atoms with van der Waals surface area (Å²) in [6.07, 6.45) is 2.92. The molecule has 1 saturated carbocycles. The van der Waals surface area contributed by atoms with E-state index in [-0.39, 0.29) is 0 Å². The fourth-order valence-electron chi connectivity index (χ4n) is 3.40. The predicted molar refractivity (Wildman–Crippen MR) is 112 cm³/mol. The van der Waals surface area contributed by atoms with Crippen LogP contribution in [0.3, 0.4) is 0 Å². The van der Waals surface area contributed by atoms with Gasteiger partial charge >= 0.3 is 0 Å². The van der Waals surface area contributed by atoms with Gasteiger partial charge in [-0.05, 0) is 42.9 Å². The van der Waals surface area contributed by atoms with Crippen molar-refractivity contribution in [1.82, 2.24) is 15.6 Å². The summed E-state index contributed by atoms with van der Waals surface area (Å²) in [5, 5.41) is 6.78. The third-order valence-electron chi connectivity index (χ3n) is 5.00. The largest absolute Gasteiger partial charge is 0.444 e. The lowest BCUT2D eigenvalue weighted by molar-refractivity contribution is 0.572. The molecule has 0 radical (unpaired) electrons. The molecule has 0 amide bonds. The van der Waals surface area contributed by atoms with Crippen LogP contribution in [0.25, 0.3) is 11.5 Å². The van der Waals surface area contributed by atoms with Crippen LogP contribution in [0.15, 0.2) is 76.3 Å². The van der Waals surface area contributed by atoms with E-state index in [1.807, 2.05) is 30.3 Å². The highest BCUT2D eigenvalue weighted by Crippen LogP contribution is 2.46. The highest BCUT2D eigenvalue weighted by Gasteiger charge is 2.37. The van der Waals surface area contributed by atoms with Gasteiger partial charge < -0.3 is 15.1 Å². The molecule has 1 aliphatic rings. The summed E-state index contributed by atoms with van der Waals surface area (Å²) in [5.41, 5.74) is 3.24. The van der Waals surface area contributed by atoms with E-state index in [2.05, 4.69) is 57.9 Å². The molecule has 1 heterocycles. The number of hydrogen-bond acceptors (Lipinski definition) is 3. The van der Waals surface area contributed by atoms with Crippen molar-refractivity contribution in [3.63, 3.8) is 0 Å². The second-order valence-corrected chi connectivity index (χ2v) is 7.10. The summed E-state index contributed by atoms with van der Waals surface area (Å²) in [7, 11) is 0. The highest BCUT2D eigenvalue weighted by atomic mass is 16.3. The lowest BCUT2D eigenvalue weighted by Crippen LogP contribution is -2.38. The van der Waals surface area contributed by atoms with Crippen LogP contribution in [-0.4, -0.2) is 24.0 Å². The van der Waals surface area contributed by atoms with Crippen LogP contribution in [-0.2, 0) is 6.54 Å². The highest BCUT2D eigenvalue weighted by molar-refractivity contribution is 5.79. The van der Waals surface area contributed by atoms with E-state index in [4.69, 9.17) is 4.42 Å². The third-order valence-corrected chi connectivity index (χ3v) is 5.00. The van der Waals surface area contributed by atoms with Crippen molar-refractivity contribution in [3.05, 3.63) is 78.2 Å². The quantitative estimate of drug-likeness (QED) is 0.481. The minimum Gasteiger partial charge on any atom is -0.444 e. The zero-order valence-corrected chi connectivity index (χ0v) is 16.1. The molecular formula is C23H26N4O. The van der Waals surface area contributed by atoms with E-state index < -0.39 is 0 Å². The molecule has 4 rings (SSSR count). The van der Waals surface area contributed by atoms with Gasteiger partial charge in [0.2, 0.25) is 5.89 Å². The fraction of sp³-hybridized carbons (Fsp3) is 0.304. The molecule has 0 spiro atoms. The summed E-state index contributed by atoms with van der Waals surface area (Å²) in [5.74, 6) is 2.79. The minimum absolute atomic E-state index is 0.485. The predicted octanol–water partition coefficient (Wildman–Crippen LogP) is 4.20. The summed E-state index contributed by atoms with van der Waals surface area (Å²) in [6.45, 7) is 4.31. The van der Waals surface area contributed by atoms with Gasteiger partial charge in [0, 0.05) is 18.7 Å². The average molecular weight is 374 g/mol. The number of oxazole rings is 1. The van der Waals surface area contributed by atoms with Crippen molar-refractivity contribution < 1.29 is 4.42 Å². The van der Waals surface area contributed by atoms with Crippen LogP contribution in [0, 0.1) is 5.92 Å². The van der Waals surface area contributed by atoms with Gasteiger partial charge in [0.1, 0.15) is 12.0 Å². The number of aliphatic imine (C=N–C) groups is 1. The first-order valence-corrected chi connectivity index (χ1v) is 9.90. The summed E-state index contributed by atoms with van der Waals surface area (Å²) in [4.78, 5) is 9.20. The molecular weight excluding hydrogens is 348 g/mol. The van der Waals surface area contributed by atoms with Crippen LogP contribution in [0.5, 0.6) is 0 Å². The molecule has 1 fully saturated rings. The van der Waals surface area contributed by atoms with E-state index in [1.54, 1.807) is 6.26 Å². The smallest absolute Gasteiger partial charge is 0.226 e. The number of benzene rings is 2. The van der Waals surface area contributed by atoms with Gasteiger partial charge in [-0.2, -0.15) is 0 Å². The number of nitrogens with one attached hydrogen (secondary N) is 2. The molecule has 2 aromatic carbocycles. The standard InChI is InChI=1S/C23H26N4O/c1-2-24-23(25-14-19-13-21(19)17-9-5-3-6-10-17)26-15-20-16-28-22(27-20)18-11-7-4-8-12-18/h3-12,16,19,21H,2,13-15H2,1H3,(H2,24,25,26). The Balaban J connectivity index is 1.32. The van der Waals surface area contributed by atoms with Crippen LogP contribution in [0.4, 0.5) is 0 Å². The van der Waals surface area contributed by atoms with E-state index in [9.17, 15) is 0 Å². The molecule has 28 heavy (non-hydrogen) atoms. The minimum atomic E-state index is 0.485. The van der Waals surface area contributed by atoms with E-state index in [0.29, 0.717) is 24.3 Å². The van der Waals surface area contributed by atoms with Gasteiger partial charge in [-0.15, -0.1) is 0 Å². The van der Waals surface area contributed by atoms with Crippen molar-refractivity contribution in [2.75, 3.05) is 13.1 Å². The Kier molecular flexibility index (Phi) is 5.71. The first-order valence-electron chi connectivity index (χ1n) is 9.90. The zero-order chi connectivity index (χ0) is 19.2. The monoisotopic (exact) mass is 374 g/mol. The Morgan fingerprint density at radius 1 is 1.07 bits per heavy atom. The maximum Gasteiger partial charge on any atom is 0.226 e. The molecule has 5 heteroatoms. The zero-order valence-electron chi connectivity index (χ0n) is 16.1. The van der Waals surface area contributed by atoms with Gasteiger partial charge in [-0.25, -0.2) is 9.98 Å². The first kappa shape index (κ1) is 18.3. The van der Waals surface area contributed by atoms with Crippen LogP contribution in [0.1, 0.15) is 30.5 Å². The Morgan fingerprint density at radius 2 is 1.82 bits per heavy atom. The van der Waals surface area contributed by atoms with Crippen molar-refractivity contribution in [1.29, 1.82) is 0 Å². The maximum absolute atomic E-state index is 5.59. The van der Waals surface area contributed by atoms with Crippen molar-refractivity contribution >= 4 is 5.96 Å². The molecule has 1 aromatic heterocycles. The van der Waals surface area contributed by atoms with Gasteiger partial charge in [0.25, 0.3) is 0 Å². The molecule has 2 atom stereocenters. The molecule has 0 saturated heterocycles. The lowest BCUT2D eigenvalue weighted by atomic mass is 10.1. The fourth-order valence-corrected chi connectivity index (χ4v) is 3.40. The van der Waals surface area contributed by atoms with Crippen LogP contribution >= 0.6 is 0 Å². The molecule has 1 aliphatic carbocycles. The molecule has 2 N–H and O–H groups in total. The van der Waals surface area contributed by atoms with Crippen LogP contribution < -0.4 is 10.6 Å². The third kappa shape index (κ3) is 4.60. The van der Waals surface area contributed by atoms with Gasteiger partial charge in [-0.1, -0.05) is 48.5 Å².